The van der Waals surface area contributed by atoms with Gasteiger partial charge in [-0.05, 0) is 45.4 Å². The molecule has 0 saturated heterocycles. The van der Waals surface area contributed by atoms with E-state index >= 15 is 0 Å². The van der Waals surface area contributed by atoms with Gasteiger partial charge in [-0.15, -0.1) is 0 Å². The number of H-pyrrole nitrogens is 1. The Bertz CT molecular complexity index is 1130. The van der Waals surface area contributed by atoms with E-state index in [1.54, 1.807) is 11.8 Å². The number of pyridine rings is 1. The smallest absolute Gasteiger partial charge is 0.256 e. The Labute approximate surface area is 150 Å². The van der Waals surface area contributed by atoms with Crippen LogP contribution in [0.1, 0.15) is 44.3 Å². The zero-order chi connectivity index (χ0) is 18.6. The predicted molar refractivity (Wildman–Crippen MR) is 99.1 cm³/mol. The van der Waals surface area contributed by atoms with Crippen molar-refractivity contribution in [3.05, 3.63) is 68.0 Å². The standard InChI is InChI=1S/C20H20N4O2/c1-10-5-6-16-14(7-10)18(11(2)12(3)21-16)20(26)24-8-15-17(9-24)22-13(4)23-19(15)25/h5-7H,8-9H2,1-4H3,(H,22,23,25). The third kappa shape index (κ3) is 2.49. The number of aromatic amines is 1. The number of carbonyl (C=O) groups is 1. The van der Waals surface area contributed by atoms with Crippen molar-refractivity contribution in [2.75, 3.05) is 0 Å². The van der Waals surface area contributed by atoms with Crippen molar-refractivity contribution in [3.8, 4) is 0 Å². The number of nitrogens with zero attached hydrogens (tertiary/aromatic N) is 3. The second-order valence-corrected chi connectivity index (χ2v) is 6.96. The summed E-state index contributed by atoms with van der Waals surface area (Å²) in [6.45, 7) is 8.23. The van der Waals surface area contributed by atoms with Gasteiger partial charge in [0, 0.05) is 11.1 Å². The average Bonchev–Trinajstić information content (AvgIpc) is 3.00. The third-order valence-electron chi connectivity index (χ3n) is 5.04. The Hall–Kier alpha value is -3.02. The lowest BCUT2D eigenvalue weighted by Crippen LogP contribution is -2.27. The second kappa shape index (κ2) is 5.76. The first-order valence-electron chi connectivity index (χ1n) is 8.60. The predicted octanol–water partition coefficient (Wildman–Crippen LogP) is 2.71. The van der Waals surface area contributed by atoms with Crippen LogP contribution in [0.25, 0.3) is 10.9 Å². The minimum atomic E-state index is -0.161. The molecule has 1 amide bonds. The minimum absolute atomic E-state index is 0.0846. The van der Waals surface area contributed by atoms with Gasteiger partial charge in [0.05, 0.1) is 35.4 Å². The normalized spacial score (nSPS) is 13.3. The number of nitrogens with one attached hydrogen (secondary N) is 1. The van der Waals surface area contributed by atoms with Gasteiger partial charge in [0.15, 0.2) is 0 Å². The van der Waals surface area contributed by atoms with Crippen molar-refractivity contribution < 1.29 is 4.79 Å². The molecule has 0 bridgehead atoms. The number of fused-ring (bicyclic) bond motifs is 2. The van der Waals surface area contributed by atoms with Gasteiger partial charge in [0.1, 0.15) is 5.82 Å². The fourth-order valence-electron chi connectivity index (χ4n) is 3.56. The van der Waals surface area contributed by atoms with Crippen LogP contribution >= 0.6 is 0 Å². The van der Waals surface area contributed by atoms with Gasteiger partial charge in [-0.3, -0.25) is 14.6 Å². The first-order valence-corrected chi connectivity index (χ1v) is 8.60. The molecule has 132 valence electrons. The van der Waals surface area contributed by atoms with Crippen molar-refractivity contribution >= 4 is 16.8 Å². The van der Waals surface area contributed by atoms with Crippen molar-refractivity contribution in [2.45, 2.75) is 40.8 Å². The largest absolute Gasteiger partial charge is 0.328 e. The van der Waals surface area contributed by atoms with Crippen LogP contribution in [-0.4, -0.2) is 25.8 Å². The molecule has 6 heteroatoms. The Kier molecular flexibility index (Phi) is 3.64. The fraction of sp³-hybridized carbons (Fsp3) is 0.300. The Balaban J connectivity index is 1.83. The van der Waals surface area contributed by atoms with Crippen LogP contribution < -0.4 is 5.56 Å². The van der Waals surface area contributed by atoms with Gasteiger partial charge in [-0.2, -0.15) is 0 Å². The lowest BCUT2D eigenvalue weighted by molar-refractivity contribution is 0.0751. The summed E-state index contributed by atoms with van der Waals surface area (Å²) in [5, 5.41) is 0.854. The molecule has 4 rings (SSSR count). The minimum Gasteiger partial charge on any atom is -0.328 e. The Morgan fingerprint density at radius 2 is 1.88 bits per heavy atom. The molecule has 0 spiro atoms. The van der Waals surface area contributed by atoms with Crippen LogP contribution in [-0.2, 0) is 13.1 Å². The number of benzene rings is 1. The van der Waals surface area contributed by atoms with Gasteiger partial charge in [-0.25, -0.2) is 4.98 Å². The average molecular weight is 348 g/mol. The molecule has 0 fully saturated rings. The van der Waals surface area contributed by atoms with E-state index < -0.39 is 0 Å². The van der Waals surface area contributed by atoms with Gasteiger partial charge < -0.3 is 9.88 Å². The Morgan fingerprint density at radius 3 is 2.65 bits per heavy atom. The molecule has 0 radical (unpaired) electrons. The summed E-state index contributed by atoms with van der Waals surface area (Å²) < 4.78 is 0. The quantitative estimate of drug-likeness (QED) is 0.733. The number of carbonyl (C=O) groups excluding carboxylic acids is 1. The number of hydrogen-bond acceptors (Lipinski definition) is 4. The number of amides is 1. The molecule has 1 aromatic carbocycles. The topological polar surface area (TPSA) is 79.0 Å². The van der Waals surface area contributed by atoms with E-state index in [-0.39, 0.29) is 18.0 Å². The monoisotopic (exact) mass is 348 g/mol. The molecule has 0 saturated carbocycles. The molecule has 6 nitrogen and oxygen atoms in total. The summed E-state index contributed by atoms with van der Waals surface area (Å²) in [4.78, 5) is 39.0. The molecule has 3 heterocycles. The molecule has 3 aromatic rings. The first kappa shape index (κ1) is 16.4. The van der Waals surface area contributed by atoms with E-state index in [0.29, 0.717) is 29.2 Å². The Morgan fingerprint density at radius 1 is 1.12 bits per heavy atom. The van der Waals surface area contributed by atoms with Crippen LogP contribution in [0, 0.1) is 27.7 Å². The lowest BCUT2D eigenvalue weighted by atomic mass is 9.99. The molecule has 0 unspecified atom stereocenters. The maximum absolute atomic E-state index is 13.4. The van der Waals surface area contributed by atoms with E-state index in [4.69, 9.17) is 0 Å². The highest BCUT2D eigenvalue weighted by Crippen LogP contribution is 2.28. The highest BCUT2D eigenvalue weighted by molar-refractivity contribution is 6.07. The lowest BCUT2D eigenvalue weighted by Gasteiger charge is -2.19. The maximum Gasteiger partial charge on any atom is 0.256 e. The van der Waals surface area contributed by atoms with Crippen molar-refractivity contribution in [3.63, 3.8) is 0 Å². The molecule has 1 aliphatic heterocycles. The summed E-state index contributed by atoms with van der Waals surface area (Å²) in [5.41, 5.74) is 5.37. The third-order valence-corrected chi connectivity index (χ3v) is 5.04. The first-order chi connectivity index (χ1) is 12.3. The van der Waals surface area contributed by atoms with Crippen molar-refractivity contribution in [1.82, 2.24) is 19.9 Å². The van der Waals surface area contributed by atoms with Crippen LogP contribution in [0.3, 0.4) is 0 Å². The zero-order valence-corrected chi connectivity index (χ0v) is 15.3. The molecule has 1 aliphatic rings. The summed E-state index contributed by atoms with van der Waals surface area (Å²) in [6, 6.07) is 5.94. The summed E-state index contributed by atoms with van der Waals surface area (Å²) in [5.74, 6) is 0.485. The van der Waals surface area contributed by atoms with Gasteiger partial charge >= 0.3 is 0 Å². The molecule has 2 aromatic heterocycles. The van der Waals surface area contributed by atoms with Gasteiger partial charge in [0.25, 0.3) is 11.5 Å². The highest BCUT2D eigenvalue weighted by Gasteiger charge is 2.30. The van der Waals surface area contributed by atoms with Crippen LogP contribution in [0.4, 0.5) is 0 Å². The zero-order valence-electron chi connectivity index (χ0n) is 15.3. The van der Waals surface area contributed by atoms with Crippen molar-refractivity contribution in [2.24, 2.45) is 0 Å². The van der Waals surface area contributed by atoms with Gasteiger partial charge in [0.2, 0.25) is 0 Å². The fourth-order valence-corrected chi connectivity index (χ4v) is 3.56. The van der Waals surface area contributed by atoms with E-state index in [1.807, 2.05) is 39.0 Å². The van der Waals surface area contributed by atoms with Crippen LogP contribution in [0.5, 0.6) is 0 Å². The van der Waals surface area contributed by atoms with E-state index in [0.717, 1.165) is 27.7 Å². The molecule has 1 N–H and O–H groups in total. The molecular formula is C20H20N4O2. The van der Waals surface area contributed by atoms with Crippen LogP contribution in [0.15, 0.2) is 23.0 Å². The van der Waals surface area contributed by atoms with Gasteiger partial charge in [-0.1, -0.05) is 11.6 Å². The molecule has 26 heavy (non-hydrogen) atoms. The maximum atomic E-state index is 13.4. The highest BCUT2D eigenvalue weighted by atomic mass is 16.2. The number of aromatic nitrogens is 3. The van der Waals surface area contributed by atoms with Crippen LogP contribution in [0.2, 0.25) is 0 Å². The summed E-state index contributed by atoms with van der Waals surface area (Å²) >= 11 is 0. The molecular weight excluding hydrogens is 328 g/mol. The van der Waals surface area contributed by atoms with E-state index in [2.05, 4.69) is 15.0 Å². The number of rotatable bonds is 1. The van der Waals surface area contributed by atoms with E-state index in [1.165, 1.54) is 0 Å². The number of aryl methyl sites for hydroxylation is 3. The molecule has 0 aliphatic carbocycles. The summed E-state index contributed by atoms with van der Waals surface area (Å²) in [6.07, 6.45) is 0. The second-order valence-electron chi connectivity index (χ2n) is 6.96. The molecule has 0 atom stereocenters. The number of hydrogen-bond donors (Lipinski definition) is 1. The van der Waals surface area contributed by atoms with Crippen molar-refractivity contribution in [1.29, 1.82) is 0 Å². The SMILES string of the molecule is Cc1ccc2nc(C)c(C)c(C(=O)N3Cc4nc(C)[nH]c(=O)c4C3)c2c1. The summed E-state index contributed by atoms with van der Waals surface area (Å²) in [7, 11) is 0. The van der Waals surface area contributed by atoms with E-state index in [9.17, 15) is 9.59 Å².